The second-order valence-electron chi connectivity index (χ2n) is 6.92. The van der Waals surface area contributed by atoms with Gasteiger partial charge in [0.2, 0.25) is 46.7 Å². The van der Waals surface area contributed by atoms with Crippen LogP contribution in [0, 0.1) is 29.1 Å². The Morgan fingerprint density at radius 1 is 0.722 bits per heavy atom. The number of anilines is 2. The first-order valence-corrected chi connectivity index (χ1v) is 10.6. The van der Waals surface area contributed by atoms with E-state index in [1.165, 1.54) is 0 Å². The van der Waals surface area contributed by atoms with Gasteiger partial charge >= 0.3 is 6.01 Å². The molecule has 2 aromatic heterocycles. The third-order valence-electron chi connectivity index (χ3n) is 4.34. The Balaban J connectivity index is 1.74. The molecule has 3 aromatic rings. The number of rotatable bonds is 14. The molecule has 0 saturated heterocycles. The highest BCUT2D eigenvalue weighted by Gasteiger charge is 2.28. The summed E-state index contributed by atoms with van der Waals surface area (Å²) >= 11 is 0. The summed E-state index contributed by atoms with van der Waals surface area (Å²) in [5, 5.41) is 5.65. The van der Waals surface area contributed by atoms with Gasteiger partial charge in [-0.15, -0.1) is 0 Å². The molecule has 0 radical (unpaired) electrons. The van der Waals surface area contributed by atoms with Crippen LogP contribution in [0.5, 0.6) is 11.8 Å². The SMILES string of the molecule is NCCOCCOCCNc1nc(NCc2ccncc2)nc(Oc2c(F)c(F)c(F)c(F)c2F)n1. The molecule has 3 rings (SSSR count). The Bertz CT molecular complexity index is 1120. The third-order valence-corrected chi connectivity index (χ3v) is 4.34. The van der Waals surface area contributed by atoms with Crippen molar-refractivity contribution in [1.82, 2.24) is 19.9 Å². The monoisotopic (exact) mass is 515 g/mol. The van der Waals surface area contributed by atoms with Gasteiger partial charge in [0, 0.05) is 32.0 Å². The quantitative estimate of drug-likeness (QED) is 0.128. The van der Waals surface area contributed by atoms with Crippen molar-refractivity contribution in [3.8, 4) is 11.8 Å². The maximum Gasteiger partial charge on any atom is 0.328 e. The summed E-state index contributed by atoms with van der Waals surface area (Å²) in [6, 6.07) is 2.71. The van der Waals surface area contributed by atoms with Crippen molar-refractivity contribution < 1.29 is 36.2 Å². The van der Waals surface area contributed by atoms with E-state index in [2.05, 4.69) is 30.6 Å². The maximum absolute atomic E-state index is 14.1. The van der Waals surface area contributed by atoms with Crippen molar-refractivity contribution in [3.05, 3.63) is 59.2 Å². The number of hydrogen-bond donors (Lipinski definition) is 3. The third kappa shape index (κ3) is 7.40. The molecule has 4 N–H and O–H groups in total. The summed E-state index contributed by atoms with van der Waals surface area (Å²) in [6.45, 7) is 2.11. The maximum atomic E-state index is 14.1. The Labute approximate surface area is 202 Å². The molecule has 36 heavy (non-hydrogen) atoms. The minimum absolute atomic E-state index is 0.0979. The zero-order chi connectivity index (χ0) is 25.9. The van der Waals surface area contributed by atoms with Crippen molar-refractivity contribution in [2.45, 2.75) is 6.54 Å². The molecule has 194 valence electrons. The molecule has 0 saturated carbocycles. The highest BCUT2D eigenvalue weighted by Crippen LogP contribution is 2.32. The van der Waals surface area contributed by atoms with Crippen LogP contribution in [0.3, 0.4) is 0 Å². The van der Waals surface area contributed by atoms with Gasteiger partial charge in [0.25, 0.3) is 0 Å². The van der Waals surface area contributed by atoms with E-state index in [9.17, 15) is 22.0 Å². The van der Waals surface area contributed by atoms with Gasteiger partial charge < -0.3 is 30.6 Å². The number of nitrogens with one attached hydrogen (secondary N) is 2. The van der Waals surface area contributed by atoms with E-state index in [4.69, 9.17) is 19.9 Å². The second-order valence-corrected chi connectivity index (χ2v) is 6.92. The number of benzene rings is 1. The minimum Gasteiger partial charge on any atom is -0.418 e. The highest BCUT2D eigenvalue weighted by molar-refractivity contribution is 5.38. The van der Waals surface area contributed by atoms with Gasteiger partial charge in [-0.1, -0.05) is 0 Å². The van der Waals surface area contributed by atoms with E-state index in [1.54, 1.807) is 24.5 Å². The molecule has 0 amide bonds. The molecular weight excluding hydrogens is 493 g/mol. The summed E-state index contributed by atoms with van der Waals surface area (Å²) in [4.78, 5) is 15.7. The number of hydrogen-bond acceptors (Lipinski definition) is 10. The zero-order valence-corrected chi connectivity index (χ0v) is 18.7. The lowest BCUT2D eigenvalue weighted by molar-refractivity contribution is 0.0547. The number of nitrogens with zero attached hydrogens (tertiary/aromatic N) is 4. The molecule has 2 heterocycles. The van der Waals surface area contributed by atoms with Crippen LogP contribution >= 0.6 is 0 Å². The van der Waals surface area contributed by atoms with E-state index >= 15 is 0 Å². The van der Waals surface area contributed by atoms with Crippen molar-refractivity contribution in [2.75, 3.05) is 50.2 Å². The number of aromatic nitrogens is 4. The van der Waals surface area contributed by atoms with Gasteiger partial charge in [-0.25, -0.2) is 13.2 Å². The molecule has 0 spiro atoms. The van der Waals surface area contributed by atoms with Crippen molar-refractivity contribution in [3.63, 3.8) is 0 Å². The summed E-state index contributed by atoms with van der Waals surface area (Å²) in [7, 11) is 0. The van der Waals surface area contributed by atoms with Crippen molar-refractivity contribution in [1.29, 1.82) is 0 Å². The van der Waals surface area contributed by atoms with E-state index in [0.717, 1.165) is 5.56 Å². The summed E-state index contributed by atoms with van der Waals surface area (Å²) in [6.07, 6.45) is 3.13. The summed E-state index contributed by atoms with van der Waals surface area (Å²) < 4.78 is 84.0. The molecule has 0 aliphatic carbocycles. The smallest absolute Gasteiger partial charge is 0.328 e. The standard InChI is InChI=1S/C21H22F5N7O3/c22-13-14(23)16(25)18(17(26)15(13)24)36-21-32-19(29-6-8-35-10-9-34-7-3-27)31-20(33-21)30-11-12-1-4-28-5-2-12/h1-2,4-5H,3,6-11,27H2,(H2,29,30,31,32,33). The lowest BCUT2D eigenvalue weighted by Gasteiger charge is -2.12. The fraction of sp³-hybridized carbons (Fsp3) is 0.333. The van der Waals surface area contributed by atoms with Gasteiger partial charge in [0.1, 0.15) is 0 Å². The van der Waals surface area contributed by atoms with E-state index < -0.39 is 40.8 Å². The molecule has 1 aromatic carbocycles. The van der Waals surface area contributed by atoms with Gasteiger partial charge in [0.05, 0.1) is 26.4 Å². The summed E-state index contributed by atoms with van der Waals surface area (Å²) in [5.41, 5.74) is 6.11. The normalized spacial score (nSPS) is 10.9. The Hall–Kier alpha value is -3.69. The summed E-state index contributed by atoms with van der Waals surface area (Å²) in [5.74, 6) is -12.7. The average molecular weight is 515 g/mol. The van der Waals surface area contributed by atoms with Crippen molar-refractivity contribution >= 4 is 11.9 Å². The van der Waals surface area contributed by atoms with Crippen molar-refractivity contribution in [2.24, 2.45) is 5.73 Å². The number of pyridine rings is 1. The fourth-order valence-electron chi connectivity index (χ4n) is 2.65. The number of ether oxygens (including phenoxy) is 3. The van der Waals surface area contributed by atoms with E-state index in [1.807, 2.05) is 0 Å². The molecule has 10 nitrogen and oxygen atoms in total. The lowest BCUT2D eigenvalue weighted by atomic mass is 10.2. The molecule has 15 heteroatoms. The first-order chi connectivity index (χ1) is 17.4. The molecular formula is C21H22F5N7O3. The van der Waals surface area contributed by atoms with Crippen LogP contribution in [0.15, 0.2) is 24.5 Å². The first-order valence-electron chi connectivity index (χ1n) is 10.6. The van der Waals surface area contributed by atoms with Crippen LogP contribution in [0.1, 0.15) is 5.56 Å². The second kappa shape index (κ2) is 13.4. The average Bonchev–Trinajstić information content (AvgIpc) is 2.90. The van der Waals surface area contributed by atoms with Gasteiger partial charge in [-0.05, 0) is 17.7 Å². The molecule has 0 bridgehead atoms. The lowest BCUT2D eigenvalue weighted by Crippen LogP contribution is -2.16. The topological polar surface area (TPSA) is 129 Å². The van der Waals surface area contributed by atoms with Crippen LogP contribution in [0.4, 0.5) is 33.8 Å². The molecule has 0 aliphatic rings. The molecule has 0 aliphatic heterocycles. The molecule has 0 fully saturated rings. The number of nitrogens with two attached hydrogens (primary N) is 1. The minimum atomic E-state index is -2.32. The Morgan fingerprint density at radius 3 is 1.94 bits per heavy atom. The van der Waals surface area contributed by atoms with E-state index in [0.29, 0.717) is 26.4 Å². The van der Waals surface area contributed by atoms with Crippen LogP contribution in [0.2, 0.25) is 0 Å². The first kappa shape index (κ1) is 26.9. The Kier molecular flexibility index (Phi) is 10.0. The fourth-order valence-corrected chi connectivity index (χ4v) is 2.65. The van der Waals surface area contributed by atoms with Crippen LogP contribution < -0.4 is 21.1 Å². The predicted octanol–water partition coefficient (Wildman–Crippen LogP) is 2.77. The molecule has 0 atom stereocenters. The molecule has 0 unspecified atom stereocenters. The number of halogens is 5. The van der Waals surface area contributed by atoms with Crippen LogP contribution in [-0.2, 0) is 16.0 Å². The van der Waals surface area contributed by atoms with Crippen LogP contribution in [0.25, 0.3) is 0 Å². The van der Waals surface area contributed by atoms with Gasteiger partial charge in [-0.3, -0.25) is 4.98 Å². The zero-order valence-electron chi connectivity index (χ0n) is 18.7. The van der Waals surface area contributed by atoms with Gasteiger partial charge in [0.15, 0.2) is 0 Å². The predicted molar refractivity (Wildman–Crippen MR) is 117 cm³/mol. The Morgan fingerprint density at radius 2 is 1.31 bits per heavy atom. The van der Waals surface area contributed by atoms with Gasteiger partial charge in [-0.2, -0.15) is 23.7 Å². The highest BCUT2D eigenvalue weighted by atomic mass is 19.2. The van der Waals surface area contributed by atoms with Crippen LogP contribution in [-0.4, -0.2) is 59.5 Å². The van der Waals surface area contributed by atoms with E-state index in [-0.39, 0.29) is 31.6 Å². The largest absolute Gasteiger partial charge is 0.418 e.